The minimum atomic E-state index is 0.840. The molecule has 0 fully saturated rings. The van der Waals surface area contributed by atoms with Crippen molar-refractivity contribution in [3.63, 3.8) is 0 Å². The van der Waals surface area contributed by atoms with Crippen molar-refractivity contribution in [2.45, 2.75) is 19.9 Å². The van der Waals surface area contributed by atoms with Gasteiger partial charge >= 0.3 is 0 Å². The number of nitrogen functional groups attached to an aromatic ring is 1. The monoisotopic (exact) mass is 230 g/mol. The van der Waals surface area contributed by atoms with Gasteiger partial charge in [0, 0.05) is 36.9 Å². The third-order valence-electron chi connectivity index (χ3n) is 2.72. The Labute approximate surface area is 101 Å². The van der Waals surface area contributed by atoms with Gasteiger partial charge < -0.3 is 11.1 Å². The summed E-state index contributed by atoms with van der Waals surface area (Å²) >= 11 is 0. The predicted octanol–water partition coefficient (Wildman–Crippen LogP) is 2.28. The van der Waals surface area contributed by atoms with Gasteiger partial charge in [-0.3, -0.25) is 4.68 Å². The lowest BCUT2D eigenvalue weighted by atomic mass is 10.2. The molecule has 3 N–H and O–H groups in total. The van der Waals surface area contributed by atoms with Crippen LogP contribution in [0.4, 0.5) is 11.4 Å². The summed E-state index contributed by atoms with van der Waals surface area (Å²) in [6, 6.07) is 7.96. The Bertz CT molecular complexity index is 462. The SMILES string of the molecule is Cc1cc(NCCCn2cccn2)ccc1N. The number of rotatable bonds is 5. The predicted molar refractivity (Wildman–Crippen MR) is 70.9 cm³/mol. The summed E-state index contributed by atoms with van der Waals surface area (Å²) in [4.78, 5) is 0. The third kappa shape index (κ3) is 3.24. The van der Waals surface area contributed by atoms with Crippen molar-refractivity contribution in [2.75, 3.05) is 17.6 Å². The topological polar surface area (TPSA) is 55.9 Å². The molecule has 0 spiro atoms. The first-order valence-corrected chi connectivity index (χ1v) is 5.83. The summed E-state index contributed by atoms with van der Waals surface area (Å²) in [5.74, 6) is 0. The van der Waals surface area contributed by atoms with Crippen LogP contribution in [-0.4, -0.2) is 16.3 Å². The van der Waals surface area contributed by atoms with Crippen LogP contribution in [0.2, 0.25) is 0 Å². The minimum Gasteiger partial charge on any atom is -0.399 e. The maximum atomic E-state index is 5.77. The van der Waals surface area contributed by atoms with Crippen LogP contribution < -0.4 is 11.1 Å². The molecule has 0 unspecified atom stereocenters. The van der Waals surface area contributed by atoms with E-state index < -0.39 is 0 Å². The number of benzene rings is 1. The first-order valence-electron chi connectivity index (χ1n) is 5.83. The number of nitrogens with one attached hydrogen (secondary N) is 1. The fourth-order valence-electron chi connectivity index (χ4n) is 1.69. The Kier molecular flexibility index (Phi) is 3.65. The van der Waals surface area contributed by atoms with Gasteiger partial charge in [-0.1, -0.05) is 0 Å². The van der Waals surface area contributed by atoms with E-state index >= 15 is 0 Å². The molecule has 4 heteroatoms. The van der Waals surface area contributed by atoms with E-state index in [9.17, 15) is 0 Å². The van der Waals surface area contributed by atoms with Crippen LogP contribution >= 0.6 is 0 Å². The standard InChI is InChI=1S/C13H18N4/c1-11-10-12(4-5-13(11)14)15-6-2-8-17-9-3-7-16-17/h3-5,7,9-10,15H,2,6,8,14H2,1H3. The van der Waals surface area contributed by atoms with Gasteiger partial charge in [0.25, 0.3) is 0 Å². The Morgan fingerprint density at radius 1 is 1.41 bits per heavy atom. The number of anilines is 2. The molecule has 0 atom stereocenters. The summed E-state index contributed by atoms with van der Waals surface area (Å²) < 4.78 is 1.94. The van der Waals surface area contributed by atoms with Crippen molar-refractivity contribution in [3.05, 3.63) is 42.2 Å². The minimum absolute atomic E-state index is 0.840. The van der Waals surface area contributed by atoms with Crippen LogP contribution in [-0.2, 0) is 6.54 Å². The van der Waals surface area contributed by atoms with Crippen LogP contribution in [0.3, 0.4) is 0 Å². The number of hydrogen-bond donors (Lipinski definition) is 2. The van der Waals surface area contributed by atoms with Gasteiger partial charge in [-0.05, 0) is 43.2 Å². The second kappa shape index (κ2) is 5.39. The molecule has 0 aliphatic heterocycles. The molecule has 0 saturated carbocycles. The van der Waals surface area contributed by atoms with Gasteiger partial charge in [-0.2, -0.15) is 5.10 Å². The van der Waals surface area contributed by atoms with Crippen molar-refractivity contribution in [1.82, 2.24) is 9.78 Å². The lowest BCUT2D eigenvalue weighted by Gasteiger charge is -2.08. The highest BCUT2D eigenvalue weighted by molar-refractivity contribution is 5.56. The maximum Gasteiger partial charge on any atom is 0.0489 e. The highest BCUT2D eigenvalue weighted by Crippen LogP contribution is 2.16. The zero-order valence-corrected chi connectivity index (χ0v) is 10.1. The maximum absolute atomic E-state index is 5.77. The van der Waals surface area contributed by atoms with E-state index in [1.54, 1.807) is 6.20 Å². The molecule has 17 heavy (non-hydrogen) atoms. The number of aryl methyl sites for hydroxylation is 2. The molecule has 0 aliphatic rings. The Morgan fingerprint density at radius 2 is 2.29 bits per heavy atom. The molecule has 90 valence electrons. The molecular weight excluding hydrogens is 212 g/mol. The van der Waals surface area contributed by atoms with Gasteiger partial charge in [-0.15, -0.1) is 0 Å². The first-order chi connectivity index (χ1) is 8.25. The molecule has 0 amide bonds. The van der Waals surface area contributed by atoms with Gasteiger partial charge in [-0.25, -0.2) is 0 Å². The van der Waals surface area contributed by atoms with Crippen LogP contribution in [0, 0.1) is 6.92 Å². The van der Waals surface area contributed by atoms with E-state index in [1.165, 1.54) is 0 Å². The summed E-state index contributed by atoms with van der Waals surface area (Å²) in [7, 11) is 0. The van der Waals surface area contributed by atoms with Crippen LogP contribution in [0.1, 0.15) is 12.0 Å². The number of aromatic nitrogens is 2. The molecule has 0 saturated heterocycles. The lowest BCUT2D eigenvalue weighted by molar-refractivity contribution is 0.592. The molecule has 0 bridgehead atoms. The molecule has 0 aliphatic carbocycles. The van der Waals surface area contributed by atoms with Crippen LogP contribution in [0.25, 0.3) is 0 Å². The number of nitrogens with zero attached hydrogens (tertiary/aromatic N) is 2. The normalized spacial score (nSPS) is 10.4. The second-order valence-electron chi connectivity index (χ2n) is 4.12. The first kappa shape index (κ1) is 11.5. The van der Waals surface area contributed by atoms with Crippen molar-refractivity contribution < 1.29 is 0 Å². The molecule has 1 heterocycles. The van der Waals surface area contributed by atoms with Gasteiger partial charge in [0.2, 0.25) is 0 Å². The average molecular weight is 230 g/mol. The van der Waals surface area contributed by atoms with Gasteiger partial charge in [0.05, 0.1) is 0 Å². The fraction of sp³-hybridized carbons (Fsp3) is 0.308. The van der Waals surface area contributed by atoms with Gasteiger partial charge in [0.1, 0.15) is 0 Å². The molecule has 1 aromatic carbocycles. The average Bonchev–Trinajstić information content (AvgIpc) is 2.82. The second-order valence-corrected chi connectivity index (χ2v) is 4.12. The Morgan fingerprint density at radius 3 is 3.00 bits per heavy atom. The number of nitrogens with two attached hydrogens (primary N) is 1. The van der Waals surface area contributed by atoms with Crippen molar-refractivity contribution in [2.24, 2.45) is 0 Å². The van der Waals surface area contributed by atoms with Gasteiger partial charge in [0.15, 0.2) is 0 Å². The molecule has 2 rings (SSSR count). The van der Waals surface area contributed by atoms with Crippen LogP contribution in [0.5, 0.6) is 0 Å². The summed E-state index contributed by atoms with van der Waals surface area (Å²) in [6.07, 6.45) is 4.83. The fourth-order valence-corrected chi connectivity index (χ4v) is 1.69. The highest BCUT2D eigenvalue weighted by Gasteiger charge is 1.96. The molecule has 1 aromatic heterocycles. The largest absolute Gasteiger partial charge is 0.399 e. The lowest BCUT2D eigenvalue weighted by Crippen LogP contribution is -2.07. The van der Waals surface area contributed by atoms with Crippen LogP contribution in [0.15, 0.2) is 36.7 Å². The molecule has 2 aromatic rings. The highest BCUT2D eigenvalue weighted by atomic mass is 15.3. The van der Waals surface area contributed by atoms with E-state index in [1.807, 2.05) is 36.0 Å². The van der Waals surface area contributed by atoms with E-state index in [-0.39, 0.29) is 0 Å². The zero-order chi connectivity index (χ0) is 12.1. The Hall–Kier alpha value is -1.97. The van der Waals surface area contributed by atoms with E-state index in [0.717, 1.165) is 36.4 Å². The quantitative estimate of drug-likeness (QED) is 0.612. The number of hydrogen-bond acceptors (Lipinski definition) is 3. The third-order valence-corrected chi connectivity index (χ3v) is 2.72. The molecule has 4 nitrogen and oxygen atoms in total. The van der Waals surface area contributed by atoms with E-state index in [4.69, 9.17) is 5.73 Å². The summed E-state index contributed by atoms with van der Waals surface area (Å²) in [5, 5.41) is 7.54. The smallest absolute Gasteiger partial charge is 0.0489 e. The van der Waals surface area contributed by atoms with Crippen molar-refractivity contribution in [1.29, 1.82) is 0 Å². The summed E-state index contributed by atoms with van der Waals surface area (Å²) in [6.45, 7) is 3.89. The van der Waals surface area contributed by atoms with E-state index in [2.05, 4.69) is 16.5 Å². The van der Waals surface area contributed by atoms with Crippen molar-refractivity contribution >= 4 is 11.4 Å². The summed E-state index contributed by atoms with van der Waals surface area (Å²) in [5.41, 5.74) is 8.84. The molecular formula is C13H18N4. The zero-order valence-electron chi connectivity index (χ0n) is 10.1. The Balaban J connectivity index is 1.76. The van der Waals surface area contributed by atoms with E-state index in [0.29, 0.717) is 0 Å². The molecule has 0 radical (unpaired) electrons. The van der Waals surface area contributed by atoms with Crippen molar-refractivity contribution in [3.8, 4) is 0 Å².